The summed E-state index contributed by atoms with van der Waals surface area (Å²) in [6, 6.07) is 19.1. The van der Waals surface area contributed by atoms with Crippen molar-refractivity contribution < 1.29 is 14.5 Å². The van der Waals surface area contributed by atoms with Gasteiger partial charge in [0.2, 0.25) is 0 Å². The highest BCUT2D eigenvalue weighted by Gasteiger charge is 2.23. The van der Waals surface area contributed by atoms with E-state index >= 15 is 0 Å². The maximum Gasteiger partial charge on any atom is 0.270 e. The number of non-ortho nitro benzene ring substituents is 1. The highest BCUT2D eigenvalue weighted by molar-refractivity contribution is 6.06. The van der Waals surface area contributed by atoms with E-state index in [1.807, 2.05) is 32.0 Å². The Bertz CT molecular complexity index is 1270. The van der Waals surface area contributed by atoms with E-state index in [1.54, 1.807) is 12.1 Å². The third-order valence-corrected chi connectivity index (χ3v) is 6.28. The first-order chi connectivity index (χ1) is 16.9. The highest BCUT2D eigenvalue weighted by atomic mass is 16.6. The van der Waals surface area contributed by atoms with E-state index in [2.05, 4.69) is 27.7 Å². The van der Waals surface area contributed by atoms with Crippen LogP contribution in [0.1, 0.15) is 52.1 Å². The van der Waals surface area contributed by atoms with E-state index in [1.165, 1.54) is 35.4 Å². The standard InChI is InChI=1S/C27H28N4O4/c1-3-18(2)28-27(33)24-16-22(29-26(32)20-9-6-10-23(15-20)31(34)35)11-12-25(24)30-14-13-19-7-4-5-8-21(19)17-30/h4-12,15-16,18H,3,13-14,17H2,1-2H3,(H,28,33)(H,29,32). The number of benzene rings is 3. The molecule has 8 heteroatoms. The van der Waals surface area contributed by atoms with Crippen molar-refractivity contribution in [1.29, 1.82) is 0 Å². The monoisotopic (exact) mass is 472 g/mol. The van der Waals surface area contributed by atoms with Gasteiger partial charge in [-0.1, -0.05) is 37.3 Å². The number of nitrogens with zero attached hydrogens (tertiary/aromatic N) is 2. The summed E-state index contributed by atoms with van der Waals surface area (Å²) < 4.78 is 0. The molecule has 3 aromatic carbocycles. The van der Waals surface area contributed by atoms with Gasteiger partial charge in [0, 0.05) is 48.2 Å². The number of anilines is 2. The minimum atomic E-state index is -0.542. The number of carbonyl (C=O) groups excluding carboxylic acids is 2. The van der Waals surface area contributed by atoms with Crippen molar-refractivity contribution >= 4 is 28.9 Å². The molecule has 0 bridgehead atoms. The van der Waals surface area contributed by atoms with Crippen LogP contribution in [0.3, 0.4) is 0 Å². The molecule has 0 saturated heterocycles. The van der Waals surface area contributed by atoms with Gasteiger partial charge < -0.3 is 15.5 Å². The van der Waals surface area contributed by atoms with Crippen molar-refractivity contribution in [1.82, 2.24) is 5.32 Å². The van der Waals surface area contributed by atoms with Crippen molar-refractivity contribution in [2.75, 3.05) is 16.8 Å². The van der Waals surface area contributed by atoms with Crippen LogP contribution in [-0.4, -0.2) is 29.3 Å². The number of nitro groups is 1. The van der Waals surface area contributed by atoms with Gasteiger partial charge in [0.1, 0.15) is 0 Å². The van der Waals surface area contributed by atoms with Crippen LogP contribution in [0.4, 0.5) is 17.1 Å². The van der Waals surface area contributed by atoms with Crippen LogP contribution in [0, 0.1) is 10.1 Å². The van der Waals surface area contributed by atoms with Crippen molar-refractivity contribution in [2.24, 2.45) is 0 Å². The van der Waals surface area contributed by atoms with E-state index in [-0.39, 0.29) is 23.2 Å². The summed E-state index contributed by atoms with van der Waals surface area (Å²) in [6.07, 6.45) is 1.68. The Kier molecular flexibility index (Phi) is 7.10. The van der Waals surface area contributed by atoms with E-state index in [4.69, 9.17) is 0 Å². The van der Waals surface area contributed by atoms with Crippen molar-refractivity contribution in [3.8, 4) is 0 Å². The summed E-state index contributed by atoms with van der Waals surface area (Å²) in [5.41, 5.74) is 4.27. The third-order valence-electron chi connectivity index (χ3n) is 6.28. The fourth-order valence-corrected chi connectivity index (χ4v) is 4.14. The lowest BCUT2D eigenvalue weighted by atomic mass is 9.98. The lowest BCUT2D eigenvalue weighted by Crippen LogP contribution is -2.35. The van der Waals surface area contributed by atoms with Crippen molar-refractivity contribution in [3.05, 3.63) is 99.1 Å². The maximum atomic E-state index is 13.2. The Morgan fingerprint density at radius 3 is 2.54 bits per heavy atom. The summed E-state index contributed by atoms with van der Waals surface area (Å²) in [4.78, 5) is 38.7. The molecule has 1 heterocycles. The molecule has 4 rings (SSSR count). The first kappa shape index (κ1) is 23.9. The average molecular weight is 473 g/mol. The summed E-state index contributed by atoms with van der Waals surface area (Å²) in [5.74, 6) is -0.693. The van der Waals surface area contributed by atoms with Crippen LogP contribution in [0.5, 0.6) is 0 Å². The lowest BCUT2D eigenvalue weighted by molar-refractivity contribution is -0.384. The molecule has 180 valence electrons. The molecule has 0 aromatic heterocycles. The number of nitro benzene ring substituents is 1. The van der Waals surface area contributed by atoms with Crippen LogP contribution < -0.4 is 15.5 Å². The number of hydrogen-bond donors (Lipinski definition) is 2. The number of carbonyl (C=O) groups is 2. The van der Waals surface area contributed by atoms with Gasteiger partial charge in [-0.3, -0.25) is 19.7 Å². The van der Waals surface area contributed by atoms with E-state index < -0.39 is 10.8 Å². The van der Waals surface area contributed by atoms with Crippen LogP contribution in [-0.2, 0) is 13.0 Å². The Hall–Kier alpha value is -4.20. The highest BCUT2D eigenvalue weighted by Crippen LogP contribution is 2.30. The van der Waals surface area contributed by atoms with Crippen molar-refractivity contribution in [2.45, 2.75) is 39.3 Å². The second-order valence-corrected chi connectivity index (χ2v) is 8.72. The zero-order valence-corrected chi connectivity index (χ0v) is 19.8. The predicted octanol–water partition coefficient (Wildman–Crippen LogP) is 4.94. The number of amides is 2. The Morgan fingerprint density at radius 1 is 1.03 bits per heavy atom. The second-order valence-electron chi connectivity index (χ2n) is 8.72. The van der Waals surface area contributed by atoms with Gasteiger partial charge >= 0.3 is 0 Å². The topological polar surface area (TPSA) is 105 Å². The third kappa shape index (κ3) is 5.48. The lowest BCUT2D eigenvalue weighted by Gasteiger charge is -2.32. The maximum absolute atomic E-state index is 13.2. The van der Waals surface area contributed by atoms with Gasteiger partial charge in [-0.15, -0.1) is 0 Å². The molecule has 0 spiro atoms. The zero-order chi connectivity index (χ0) is 24.9. The van der Waals surface area contributed by atoms with E-state index in [9.17, 15) is 19.7 Å². The molecule has 3 aromatic rings. The van der Waals surface area contributed by atoms with Crippen LogP contribution >= 0.6 is 0 Å². The Labute approximate surface area is 204 Å². The number of rotatable bonds is 7. The quantitative estimate of drug-likeness (QED) is 0.374. The zero-order valence-electron chi connectivity index (χ0n) is 19.8. The van der Waals surface area contributed by atoms with Crippen LogP contribution in [0.2, 0.25) is 0 Å². The molecular formula is C27H28N4O4. The summed E-state index contributed by atoms with van der Waals surface area (Å²) in [7, 11) is 0. The molecule has 1 aliphatic rings. The minimum absolute atomic E-state index is 0.000506. The van der Waals surface area contributed by atoms with Crippen molar-refractivity contribution in [3.63, 3.8) is 0 Å². The number of nitrogens with one attached hydrogen (secondary N) is 2. The molecule has 0 fully saturated rings. The van der Waals surface area contributed by atoms with E-state index in [0.29, 0.717) is 17.8 Å². The fourth-order valence-electron chi connectivity index (χ4n) is 4.14. The van der Waals surface area contributed by atoms with Gasteiger partial charge in [-0.25, -0.2) is 0 Å². The molecule has 35 heavy (non-hydrogen) atoms. The Balaban J connectivity index is 1.63. The van der Waals surface area contributed by atoms with Crippen LogP contribution in [0.15, 0.2) is 66.7 Å². The number of fused-ring (bicyclic) bond motifs is 1. The van der Waals surface area contributed by atoms with Gasteiger partial charge in [-0.05, 0) is 55.2 Å². The molecule has 0 aliphatic carbocycles. The normalized spacial score (nSPS) is 13.5. The first-order valence-electron chi connectivity index (χ1n) is 11.7. The summed E-state index contributed by atoms with van der Waals surface area (Å²) >= 11 is 0. The van der Waals surface area contributed by atoms with Gasteiger partial charge in [-0.2, -0.15) is 0 Å². The Morgan fingerprint density at radius 2 is 1.80 bits per heavy atom. The summed E-state index contributed by atoms with van der Waals surface area (Å²) in [5, 5.41) is 16.9. The van der Waals surface area contributed by atoms with Crippen LogP contribution in [0.25, 0.3) is 0 Å². The molecule has 2 N–H and O–H groups in total. The fraction of sp³-hybridized carbons (Fsp3) is 0.259. The molecular weight excluding hydrogens is 444 g/mol. The predicted molar refractivity (Wildman–Crippen MR) is 136 cm³/mol. The average Bonchev–Trinajstić information content (AvgIpc) is 2.88. The molecule has 1 aliphatic heterocycles. The van der Waals surface area contributed by atoms with Gasteiger partial charge in [0.25, 0.3) is 17.5 Å². The molecule has 1 atom stereocenters. The second kappa shape index (κ2) is 10.4. The minimum Gasteiger partial charge on any atom is -0.366 e. The SMILES string of the molecule is CCC(C)NC(=O)c1cc(NC(=O)c2cccc([N+](=O)[O-])c2)ccc1N1CCc2ccccc2C1. The number of hydrogen-bond acceptors (Lipinski definition) is 5. The molecule has 8 nitrogen and oxygen atoms in total. The van der Waals surface area contributed by atoms with Gasteiger partial charge in [0.15, 0.2) is 0 Å². The molecule has 1 unspecified atom stereocenters. The molecule has 2 amide bonds. The molecule has 0 saturated carbocycles. The summed E-state index contributed by atoms with van der Waals surface area (Å²) in [6.45, 7) is 5.42. The largest absolute Gasteiger partial charge is 0.366 e. The van der Waals surface area contributed by atoms with Gasteiger partial charge in [0.05, 0.1) is 10.5 Å². The van der Waals surface area contributed by atoms with E-state index in [0.717, 1.165) is 25.1 Å². The molecule has 0 radical (unpaired) electrons. The smallest absolute Gasteiger partial charge is 0.270 e. The first-order valence-corrected chi connectivity index (χ1v) is 11.7.